The van der Waals surface area contributed by atoms with Crippen LogP contribution in [0.15, 0.2) is 24.3 Å². The van der Waals surface area contributed by atoms with Crippen LogP contribution in [0.4, 0.5) is 0 Å². The topological polar surface area (TPSA) is 71.5 Å². The molecule has 2 aromatic carbocycles. The lowest BCUT2D eigenvalue weighted by Crippen LogP contribution is -2.36. The van der Waals surface area contributed by atoms with Gasteiger partial charge in [0, 0.05) is 25.6 Å². The van der Waals surface area contributed by atoms with Gasteiger partial charge < -0.3 is 29.1 Å². The Morgan fingerprint density at radius 2 is 1.70 bits per heavy atom. The Kier molecular flexibility index (Phi) is 6.98. The van der Waals surface area contributed by atoms with Crippen molar-refractivity contribution >= 4 is 5.91 Å². The van der Waals surface area contributed by atoms with Crippen LogP contribution in [0.25, 0.3) is 0 Å². The summed E-state index contributed by atoms with van der Waals surface area (Å²) >= 11 is 0. The van der Waals surface area contributed by atoms with Crippen molar-refractivity contribution in [2.45, 2.75) is 31.6 Å². The molecule has 1 heterocycles. The average molecular weight is 455 g/mol. The minimum Gasteiger partial charge on any atom is -0.504 e. The molecule has 1 aliphatic carbocycles. The molecule has 1 amide bonds. The number of nitrogens with zero attached hydrogens (tertiary/aromatic N) is 2. The van der Waals surface area contributed by atoms with E-state index in [1.54, 1.807) is 21.3 Å². The van der Waals surface area contributed by atoms with Gasteiger partial charge in [-0.05, 0) is 79.4 Å². The van der Waals surface area contributed by atoms with Gasteiger partial charge in [0.2, 0.25) is 5.91 Å². The number of aromatic hydroxyl groups is 1. The Bertz CT molecular complexity index is 1020. The second-order valence-electron chi connectivity index (χ2n) is 9.02. The average Bonchev–Trinajstić information content (AvgIpc) is 2.95. The fourth-order valence-electron chi connectivity index (χ4n) is 5.01. The van der Waals surface area contributed by atoms with Crippen LogP contribution in [-0.2, 0) is 24.1 Å². The van der Waals surface area contributed by atoms with Gasteiger partial charge in [0.25, 0.3) is 0 Å². The first-order valence-electron chi connectivity index (χ1n) is 11.5. The quantitative estimate of drug-likeness (QED) is 0.628. The summed E-state index contributed by atoms with van der Waals surface area (Å²) in [6.07, 6.45) is 3.14. The summed E-state index contributed by atoms with van der Waals surface area (Å²) in [5.74, 6) is 2.76. The summed E-state index contributed by atoms with van der Waals surface area (Å²) in [6.45, 7) is 3.37. The Morgan fingerprint density at radius 1 is 1.00 bits per heavy atom. The smallest absolute Gasteiger partial charge is 0.227 e. The van der Waals surface area contributed by atoms with E-state index < -0.39 is 0 Å². The molecule has 1 aliphatic heterocycles. The largest absolute Gasteiger partial charge is 0.504 e. The van der Waals surface area contributed by atoms with Crippen molar-refractivity contribution in [3.8, 4) is 23.0 Å². The molecule has 0 unspecified atom stereocenters. The molecule has 1 atom stereocenters. The molecule has 7 heteroatoms. The number of hydrogen-bond donors (Lipinski definition) is 1. The minimum absolute atomic E-state index is 0.170. The number of rotatable bonds is 9. The number of carbonyl (C=O) groups is 1. The van der Waals surface area contributed by atoms with Gasteiger partial charge in [-0.1, -0.05) is 0 Å². The van der Waals surface area contributed by atoms with E-state index >= 15 is 0 Å². The minimum atomic E-state index is 0.170. The van der Waals surface area contributed by atoms with Crippen LogP contribution < -0.4 is 14.2 Å². The van der Waals surface area contributed by atoms with Crippen LogP contribution in [0, 0.1) is 0 Å². The molecule has 0 fully saturated rings. The summed E-state index contributed by atoms with van der Waals surface area (Å²) in [7, 11) is 6.97. The van der Waals surface area contributed by atoms with E-state index in [9.17, 15) is 9.90 Å². The van der Waals surface area contributed by atoms with E-state index in [1.165, 1.54) is 11.1 Å². The van der Waals surface area contributed by atoms with Crippen LogP contribution in [0.2, 0.25) is 0 Å². The summed E-state index contributed by atoms with van der Waals surface area (Å²) in [5.41, 5.74) is 4.66. The number of likely N-dealkylation sites (N-methyl/N-ethyl adjacent to an activating group) is 1. The maximum atomic E-state index is 12.9. The van der Waals surface area contributed by atoms with Crippen LogP contribution in [0.3, 0.4) is 0 Å². The summed E-state index contributed by atoms with van der Waals surface area (Å²) in [6, 6.07) is 7.72. The third-order valence-corrected chi connectivity index (χ3v) is 6.90. The molecule has 0 bridgehead atoms. The number of ether oxygens (including phenoxy) is 3. The van der Waals surface area contributed by atoms with Gasteiger partial charge in [-0.15, -0.1) is 0 Å². The zero-order chi connectivity index (χ0) is 23.5. The molecule has 2 aliphatic rings. The van der Waals surface area contributed by atoms with Gasteiger partial charge >= 0.3 is 0 Å². The maximum absolute atomic E-state index is 12.9. The van der Waals surface area contributed by atoms with Crippen molar-refractivity contribution < 1.29 is 24.1 Å². The van der Waals surface area contributed by atoms with Crippen molar-refractivity contribution in [1.82, 2.24) is 9.80 Å². The number of carbonyl (C=O) groups excluding carboxylic acids is 1. The van der Waals surface area contributed by atoms with Crippen LogP contribution in [0.1, 0.15) is 34.6 Å². The van der Waals surface area contributed by atoms with E-state index in [1.807, 2.05) is 29.2 Å². The number of amides is 1. The molecule has 0 saturated heterocycles. The van der Waals surface area contributed by atoms with Crippen molar-refractivity contribution in [1.29, 1.82) is 0 Å². The number of fused-ring (bicyclic) bond motifs is 2. The Hall–Kier alpha value is -2.93. The fraction of sp³-hybridized carbons (Fsp3) is 0.500. The Morgan fingerprint density at radius 3 is 2.39 bits per heavy atom. The van der Waals surface area contributed by atoms with E-state index in [-0.39, 0.29) is 11.7 Å². The standard InChI is InChI=1S/C26H34N2O5/c1-27(16-20-10-19-11-22(29)23(31-2)15-21(19)20)7-5-8-28-9-6-17-12-24(32-3)25(33-4)13-18(17)14-26(28)30/h11-13,15,20,29H,5-10,14,16H2,1-4H3/t20-/m1/s1. The van der Waals surface area contributed by atoms with Gasteiger partial charge in [0.1, 0.15) is 0 Å². The third-order valence-electron chi connectivity index (χ3n) is 6.90. The Labute approximate surface area is 195 Å². The first-order valence-corrected chi connectivity index (χ1v) is 11.5. The molecule has 1 N–H and O–H groups in total. The van der Waals surface area contributed by atoms with Crippen molar-refractivity contribution in [2.24, 2.45) is 0 Å². The molecule has 33 heavy (non-hydrogen) atoms. The molecule has 0 saturated carbocycles. The van der Waals surface area contributed by atoms with Crippen molar-refractivity contribution in [3.05, 3.63) is 46.5 Å². The SMILES string of the molecule is COc1cc2c(cc1O)C[C@@H]2CN(C)CCCN1CCc2cc(OC)c(OC)cc2CC1=O. The first-order chi connectivity index (χ1) is 15.9. The lowest BCUT2D eigenvalue weighted by Gasteiger charge is -2.34. The number of methoxy groups -OCH3 is 3. The summed E-state index contributed by atoms with van der Waals surface area (Å²) < 4.78 is 16.1. The van der Waals surface area contributed by atoms with E-state index in [4.69, 9.17) is 14.2 Å². The normalized spacial score (nSPS) is 17.2. The molecule has 4 rings (SSSR count). The van der Waals surface area contributed by atoms with Gasteiger partial charge in [-0.25, -0.2) is 0 Å². The maximum Gasteiger partial charge on any atom is 0.227 e. The molecule has 0 spiro atoms. The zero-order valence-corrected chi connectivity index (χ0v) is 20.0. The Balaban J connectivity index is 1.28. The van der Waals surface area contributed by atoms with E-state index in [0.717, 1.165) is 56.6 Å². The third kappa shape index (κ3) is 4.88. The number of phenols is 1. The highest BCUT2D eigenvalue weighted by Crippen LogP contribution is 2.42. The zero-order valence-electron chi connectivity index (χ0n) is 20.0. The molecule has 178 valence electrons. The van der Waals surface area contributed by atoms with Gasteiger partial charge in [-0.2, -0.15) is 0 Å². The summed E-state index contributed by atoms with van der Waals surface area (Å²) in [4.78, 5) is 17.2. The van der Waals surface area contributed by atoms with E-state index in [2.05, 4.69) is 11.9 Å². The van der Waals surface area contributed by atoms with E-state index in [0.29, 0.717) is 29.6 Å². The first kappa shape index (κ1) is 23.2. The summed E-state index contributed by atoms with van der Waals surface area (Å²) in [5, 5.41) is 9.93. The lowest BCUT2D eigenvalue weighted by molar-refractivity contribution is -0.130. The van der Waals surface area contributed by atoms with Gasteiger partial charge in [0.15, 0.2) is 23.0 Å². The lowest BCUT2D eigenvalue weighted by atomic mass is 9.77. The van der Waals surface area contributed by atoms with Crippen molar-refractivity contribution in [2.75, 3.05) is 54.6 Å². The van der Waals surface area contributed by atoms with Crippen molar-refractivity contribution in [3.63, 3.8) is 0 Å². The number of hydrogen-bond acceptors (Lipinski definition) is 6. The second kappa shape index (κ2) is 9.91. The second-order valence-corrected chi connectivity index (χ2v) is 9.02. The molecule has 7 nitrogen and oxygen atoms in total. The van der Waals surface area contributed by atoms with Gasteiger partial charge in [-0.3, -0.25) is 4.79 Å². The molecule has 2 aromatic rings. The number of phenolic OH excluding ortho intramolecular Hbond substituents is 1. The number of benzene rings is 2. The highest BCUT2D eigenvalue weighted by Gasteiger charge is 2.29. The molecular formula is C26H34N2O5. The predicted octanol–water partition coefficient (Wildman–Crippen LogP) is 3.01. The monoisotopic (exact) mass is 454 g/mol. The fourth-order valence-corrected chi connectivity index (χ4v) is 5.01. The highest BCUT2D eigenvalue weighted by atomic mass is 16.5. The molecular weight excluding hydrogens is 420 g/mol. The highest BCUT2D eigenvalue weighted by molar-refractivity contribution is 5.80. The molecule has 0 radical (unpaired) electrons. The van der Waals surface area contributed by atoms with Crippen LogP contribution >= 0.6 is 0 Å². The predicted molar refractivity (Wildman–Crippen MR) is 127 cm³/mol. The van der Waals surface area contributed by atoms with Gasteiger partial charge in [0.05, 0.1) is 27.8 Å². The van der Waals surface area contributed by atoms with Crippen LogP contribution in [-0.4, -0.2) is 75.4 Å². The molecule has 0 aromatic heterocycles. The van der Waals surface area contributed by atoms with Crippen LogP contribution in [0.5, 0.6) is 23.0 Å².